The molecule has 1 aliphatic heterocycles. The largest absolute Gasteiger partial charge is 0.406 e. The monoisotopic (exact) mass is 258 g/mol. The van der Waals surface area contributed by atoms with Crippen LogP contribution in [0.25, 0.3) is 0 Å². The molecule has 100 valence electrons. The lowest BCUT2D eigenvalue weighted by atomic mass is 10.0. The number of benzene rings is 1. The minimum Gasteiger partial charge on any atom is -0.406 e. The molecule has 3 rings (SSSR count). The van der Waals surface area contributed by atoms with Gasteiger partial charge in [0.15, 0.2) is 0 Å². The molecule has 2 heterocycles. The lowest BCUT2D eigenvalue weighted by molar-refractivity contribution is 0.376. The summed E-state index contributed by atoms with van der Waals surface area (Å²) in [6, 6.07) is 9.02. The van der Waals surface area contributed by atoms with Gasteiger partial charge in [0.2, 0.25) is 5.89 Å². The van der Waals surface area contributed by atoms with Crippen molar-refractivity contribution in [2.24, 2.45) is 5.73 Å². The summed E-state index contributed by atoms with van der Waals surface area (Å²) in [5, 5.41) is 8.14. The smallest absolute Gasteiger partial charge is 0.318 e. The lowest BCUT2D eigenvalue weighted by Crippen LogP contribution is -2.31. The van der Waals surface area contributed by atoms with Crippen molar-refractivity contribution in [3.05, 3.63) is 41.3 Å². The SMILES string of the molecule is CC(C)(N)c1nnc(N2CCc3ccccc3C2)o1. The average Bonchev–Trinajstić information content (AvgIpc) is 2.87. The van der Waals surface area contributed by atoms with E-state index in [2.05, 4.69) is 39.4 Å². The third-order valence-corrected chi connectivity index (χ3v) is 3.37. The van der Waals surface area contributed by atoms with Gasteiger partial charge in [-0.1, -0.05) is 29.4 Å². The number of fused-ring (bicyclic) bond motifs is 1. The van der Waals surface area contributed by atoms with Crippen molar-refractivity contribution in [1.29, 1.82) is 0 Å². The summed E-state index contributed by atoms with van der Waals surface area (Å²) in [6.07, 6.45) is 1.000. The fraction of sp³-hybridized carbons (Fsp3) is 0.429. The molecule has 19 heavy (non-hydrogen) atoms. The maximum Gasteiger partial charge on any atom is 0.318 e. The highest BCUT2D eigenvalue weighted by Crippen LogP contribution is 2.25. The first-order chi connectivity index (χ1) is 9.04. The summed E-state index contributed by atoms with van der Waals surface area (Å²) < 4.78 is 5.68. The third kappa shape index (κ3) is 2.33. The summed E-state index contributed by atoms with van der Waals surface area (Å²) >= 11 is 0. The topological polar surface area (TPSA) is 68.2 Å². The van der Waals surface area contributed by atoms with E-state index in [9.17, 15) is 0 Å². The molecule has 0 saturated heterocycles. The second-order valence-electron chi connectivity index (χ2n) is 5.55. The van der Waals surface area contributed by atoms with E-state index in [4.69, 9.17) is 10.2 Å². The fourth-order valence-corrected chi connectivity index (χ4v) is 2.26. The van der Waals surface area contributed by atoms with E-state index in [1.807, 2.05) is 13.8 Å². The molecule has 2 aromatic rings. The standard InChI is InChI=1S/C14H18N4O/c1-14(2,15)12-16-17-13(19-12)18-8-7-10-5-3-4-6-11(10)9-18/h3-6H,7-9,15H2,1-2H3. The minimum absolute atomic E-state index is 0.473. The number of anilines is 1. The van der Waals surface area contributed by atoms with Crippen molar-refractivity contribution in [3.63, 3.8) is 0 Å². The van der Waals surface area contributed by atoms with Crippen molar-refractivity contribution in [1.82, 2.24) is 10.2 Å². The molecule has 0 saturated carbocycles. The average molecular weight is 258 g/mol. The highest BCUT2D eigenvalue weighted by Gasteiger charge is 2.25. The zero-order valence-electron chi connectivity index (χ0n) is 11.3. The van der Waals surface area contributed by atoms with Gasteiger partial charge in [-0.2, -0.15) is 0 Å². The summed E-state index contributed by atoms with van der Waals surface area (Å²) in [6.45, 7) is 5.41. The van der Waals surface area contributed by atoms with Gasteiger partial charge in [0.25, 0.3) is 0 Å². The van der Waals surface area contributed by atoms with Crippen LogP contribution in [0.4, 0.5) is 6.01 Å². The zero-order chi connectivity index (χ0) is 13.5. The predicted octanol–water partition coefficient (Wildman–Crippen LogP) is 1.83. The molecule has 0 bridgehead atoms. The van der Waals surface area contributed by atoms with Crippen molar-refractivity contribution in [3.8, 4) is 0 Å². The van der Waals surface area contributed by atoms with Crippen LogP contribution in [-0.2, 0) is 18.5 Å². The summed E-state index contributed by atoms with van der Waals surface area (Å²) in [5.74, 6) is 0.473. The van der Waals surface area contributed by atoms with Gasteiger partial charge < -0.3 is 15.1 Å². The molecule has 0 unspecified atom stereocenters. The normalized spacial score (nSPS) is 15.4. The molecule has 0 aliphatic carbocycles. The molecular weight excluding hydrogens is 240 g/mol. The minimum atomic E-state index is -0.598. The maximum atomic E-state index is 5.96. The molecule has 5 nitrogen and oxygen atoms in total. The molecule has 0 radical (unpaired) electrons. The van der Waals surface area contributed by atoms with Gasteiger partial charge in [0.05, 0.1) is 5.54 Å². The van der Waals surface area contributed by atoms with Crippen LogP contribution in [0.2, 0.25) is 0 Å². The van der Waals surface area contributed by atoms with Gasteiger partial charge in [0.1, 0.15) is 0 Å². The Morgan fingerprint density at radius 1 is 1.21 bits per heavy atom. The number of nitrogens with two attached hydrogens (primary N) is 1. The lowest BCUT2D eigenvalue weighted by Gasteiger charge is -2.27. The van der Waals surface area contributed by atoms with Crippen LogP contribution in [0.5, 0.6) is 0 Å². The van der Waals surface area contributed by atoms with Crippen LogP contribution >= 0.6 is 0 Å². The van der Waals surface area contributed by atoms with Crippen LogP contribution in [0.3, 0.4) is 0 Å². The Bertz CT molecular complexity index is 585. The fourth-order valence-electron chi connectivity index (χ4n) is 2.26. The summed E-state index contributed by atoms with van der Waals surface area (Å²) in [5.41, 5.74) is 8.08. The van der Waals surface area contributed by atoms with Gasteiger partial charge in [-0.15, -0.1) is 5.10 Å². The van der Waals surface area contributed by atoms with Crippen molar-refractivity contribution in [2.75, 3.05) is 11.4 Å². The first-order valence-corrected chi connectivity index (χ1v) is 6.48. The molecular formula is C14H18N4O. The quantitative estimate of drug-likeness (QED) is 0.890. The number of hydrogen-bond acceptors (Lipinski definition) is 5. The molecule has 5 heteroatoms. The number of rotatable bonds is 2. The molecule has 0 amide bonds. The van der Waals surface area contributed by atoms with Crippen LogP contribution in [0.1, 0.15) is 30.9 Å². The highest BCUT2D eigenvalue weighted by atomic mass is 16.4. The summed E-state index contributed by atoms with van der Waals surface area (Å²) in [4.78, 5) is 2.10. The van der Waals surface area contributed by atoms with E-state index in [0.717, 1.165) is 19.5 Å². The predicted molar refractivity (Wildman–Crippen MR) is 72.7 cm³/mol. The number of nitrogens with zero attached hydrogens (tertiary/aromatic N) is 3. The third-order valence-electron chi connectivity index (χ3n) is 3.37. The molecule has 0 atom stereocenters. The van der Waals surface area contributed by atoms with E-state index in [0.29, 0.717) is 11.9 Å². The van der Waals surface area contributed by atoms with Crippen LogP contribution < -0.4 is 10.6 Å². The van der Waals surface area contributed by atoms with E-state index >= 15 is 0 Å². The number of aromatic nitrogens is 2. The molecule has 0 fully saturated rings. The molecule has 1 aliphatic rings. The van der Waals surface area contributed by atoms with Crippen LogP contribution in [0, 0.1) is 0 Å². The van der Waals surface area contributed by atoms with Gasteiger partial charge in [-0.3, -0.25) is 0 Å². The molecule has 2 N–H and O–H groups in total. The molecule has 1 aromatic carbocycles. The Balaban J connectivity index is 1.83. The second-order valence-corrected chi connectivity index (χ2v) is 5.55. The Hall–Kier alpha value is -1.88. The van der Waals surface area contributed by atoms with Gasteiger partial charge in [-0.05, 0) is 31.4 Å². The highest BCUT2D eigenvalue weighted by molar-refractivity contribution is 5.38. The Morgan fingerprint density at radius 3 is 2.63 bits per heavy atom. The molecule has 0 spiro atoms. The van der Waals surface area contributed by atoms with Crippen molar-refractivity contribution < 1.29 is 4.42 Å². The zero-order valence-corrected chi connectivity index (χ0v) is 11.3. The van der Waals surface area contributed by atoms with Gasteiger partial charge >= 0.3 is 6.01 Å². The first-order valence-electron chi connectivity index (χ1n) is 6.48. The van der Waals surface area contributed by atoms with Crippen LogP contribution in [0.15, 0.2) is 28.7 Å². The van der Waals surface area contributed by atoms with Gasteiger partial charge in [0, 0.05) is 13.1 Å². The second kappa shape index (κ2) is 4.35. The van der Waals surface area contributed by atoms with E-state index in [-0.39, 0.29) is 0 Å². The molecule has 1 aromatic heterocycles. The van der Waals surface area contributed by atoms with Crippen molar-refractivity contribution >= 4 is 6.01 Å². The maximum absolute atomic E-state index is 5.96. The van der Waals surface area contributed by atoms with Crippen LogP contribution in [-0.4, -0.2) is 16.7 Å². The Labute approximate surface area is 112 Å². The first kappa shape index (κ1) is 12.2. The van der Waals surface area contributed by atoms with Crippen molar-refractivity contribution in [2.45, 2.75) is 32.4 Å². The van der Waals surface area contributed by atoms with E-state index in [1.54, 1.807) is 0 Å². The summed E-state index contributed by atoms with van der Waals surface area (Å²) in [7, 11) is 0. The number of hydrogen-bond donors (Lipinski definition) is 1. The van der Waals surface area contributed by atoms with E-state index < -0.39 is 5.54 Å². The Morgan fingerprint density at radius 2 is 1.95 bits per heavy atom. The van der Waals surface area contributed by atoms with E-state index in [1.165, 1.54) is 11.1 Å². The van der Waals surface area contributed by atoms with Gasteiger partial charge in [-0.25, -0.2) is 0 Å². The Kier molecular flexibility index (Phi) is 2.78.